The van der Waals surface area contributed by atoms with Crippen LogP contribution in [-0.4, -0.2) is 41.3 Å². The lowest BCUT2D eigenvalue weighted by atomic mass is 10.1. The molecule has 0 saturated carbocycles. The van der Waals surface area contributed by atoms with E-state index in [1.165, 1.54) is 6.42 Å². The highest BCUT2D eigenvalue weighted by Gasteiger charge is 2.20. The van der Waals surface area contributed by atoms with Crippen molar-refractivity contribution in [2.24, 2.45) is 5.92 Å². The summed E-state index contributed by atoms with van der Waals surface area (Å²) in [7, 11) is 0. The molecule has 1 aliphatic rings. The number of aromatic nitrogens is 1. The maximum absolute atomic E-state index is 12.4. The van der Waals surface area contributed by atoms with Gasteiger partial charge in [-0.05, 0) is 37.3 Å². The molecule has 0 aliphatic carbocycles. The molecule has 0 aromatic carbocycles. The average Bonchev–Trinajstić information content (AvgIpc) is 2.52. The molecule has 2 heterocycles. The van der Waals surface area contributed by atoms with Gasteiger partial charge in [-0.25, -0.2) is 4.98 Å². The van der Waals surface area contributed by atoms with E-state index in [0.717, 1.165) is 25.9 Å². The van der Waals surface area contributed by atoms with Gasteiger partial charge in [0.05, 0.1) is 0 Å². The van der Waals surface area contributed by atoms with Crippen LogP contribution in [-0.2, 0) is 0 Å². The van der Waals surface area contributed by atoms with Crippen molar-refractivity contribution in [3.8, 4) is 0 Å². The maximum atomic E-state index is 12.4. The Kier molecular flexibility index (Phi) is 5.31. The number of amides is 2. The van der Waals surface area contributed by atoms with E-state index in [4.69, 9.17) is 0 Å². The third kappa shape index (κ3) is 4.28. The smallest absolute Gasteiger partial charge is 0.272 e. The van der Waals surface area contributed by atoms with Crippen molar-refractivity contribution in [1.29, 1.82) is 0 Å². The van der Waals surface area contributed by atoms with Crippen molar-refractivity contribution < 1.29 is 9.59 Å². The van der Waals surface area contributed by atoms with Gasteiger partial charge in [-0.15, -0.1) is 0 Å². The minimum atomic E-state index is -0.225. The van der Waals surface area contributed by atoms with E-state index >= 15 is 0 Å². The monoisotopic (exact) mass is 289 g/mol. The first-order chi connectivity index (χ1) is 10.1. The van der Waals surface area contributed by atoms with Gasteiger partial charge in [0.2, 0.25) is 0 Å². The van der Waals surface area contributed by atoms with Gasteiger partial charge in [0, 0.05) is 19.6 Å². The van der Waals surface area contributed by atoms with Crippen molar-refractivity contribution in [3.05, 3.63) is 29.6 Å². The summed E-state index contributed by atoms with van der Waals surface area (Å²) >= 11 is 0. The SMILES string of the molecule is CC(C)CNC(=O)c1cccc(C(=O)N2CCCCC2)n1. The van der Waals surface area contributed by atoms with Crippen molar-refractivity contribution >= 4 is 11.8 Å². The van der Waals surface area contributed by atoms with Crippen LogP contribution in [0.2, 0.25) is 0 Å². The average molecular weight is 289 g/mol. The normalized spacial score (nSPS) is 15.1. The Bertz CT molecular complexity index is 508. The number of pyridine rings is 1. The van der Waals surface area contributed by atoms with Gasteiger partial charge >= 0.3 is 0 Å². The van der Waals surface area contributed by atoms with Crippen molar-refractivity contribution in [2.75, 3.05) is 19.6 Å². The number of carbonyl (C=O) groups is 2. The Morgan fingerprint density at radius 2 is 1.86 bits per heavy atom. The molecule has 0 unspecified atom stereocenters. The standard InChI is InChI=1S/C16H23N3O2/c1-12(2)11-17-15(20)13-7-6-8-14(18-13)16(21)19-9-4-3-5-10-19/h6-8,12H,3-5,9-11H2,1-2H3,(H,17,20). The molecule has 0 atom stereocenters. The first-order valence-electron chi connectivity index (χ1n) is 7.62. The topological polar surface area (TPSA) is 62.3 Å². The molecule has 114 valence electrons. The summed E-state index contributed by atoms with van der Waals surface area (Å²) in [5.74, 6) is 0.0809. The second kappa shape index (κ2) is 7.20. The van der Waals surface area contributed by atoms with Gasteiger partial charge in [0.25, 0.3) is 11.8 Å². The summed E-state index contributed by atoms with van der Waals surface area (Å²) in [6, 6.07) is 5.03. The predicted molar refractivity (Wildman–Crippen MR) is 81.2 cm³/mol. The predicted octanol–water partition coefficient (Wildman–Crippen LogP) is 2.09. The van der Waals surface area contributed by atoms with E-state index in [-0.39, 0.29) is 11.8 Å². The van der Waals surface area contributed by atoms with Crippen LogP contribution in [0.25, 0.3) is 0 Å². The molecular formula is C16H23N3O2. The zero-order valence-corrected chi connectivity index (χ0v) is 12.8. The molecule has 0 radical (unpaired) electrons. The second-order valence-electron chi connectivity index (χ2n) is 5.86. The molecule has 1 fully saturated rings. The number of rotatable bonds is 4. The number of hydrogen-bond donors (Lipinski definition) is 1. The van der Waals surface area contributed by atoms with Gasteiger partial charge in [-0.2, -0.15) is 0 Å². The molecule has 2 rings (SSSR count). The fourth-order valence-corrected chi connectivity index (χ4v) is 2.33. The number of piperidine rings is 1. The van der Waals surface area contributed by atoms with Gasteiger partial charge < -0.3 is 10.2 Å². The summed E-state index contributed by atoms with van der Waals surface area (Å²) < 4.78 is 0. The lowest BCUT2D eigenvalue weighted by Gasteiger charge is -2.26. The van der Waals surface area contributed by atoms with Crippen LogP contribution in [0.5, 0.6) is 0 Å². The van der Waals surface area contributed by atoms with Crippen LogP contribution < -0.4 is 5.32 Å². The molecule has 1 aromatic rings. The van der Waals surface area contributed by atoms with Crippen LogP contribution in [0.15, 0.2) is 18.2 Å². The van der Waals surface area contributed by atoms with Crippen molar-refractivity contribution in [1.82, 2.24) is 15.2 Å². The molecule has 21 heavy (non-hydrogen) atoms. The molecule has 0 bridgehead atoms. The summed E-state index contributed by atoms with van der Waals surface area (Å²) in [5, 5.41) is 2.82. The van der Waals surface area contributed by atoms with Gasteiger partial charge in [-0.1, -0.05) is 19.9 Å². The second-order valence-corrected chi connectivity index (χ2v) is 5.86. The van der Waals surface area contributed by atoms with E-state index < -0.39 is 0 Å². The highest BCUT2D eigenvalue weighted by Crippen LogP contribution is 2.12. The Morgan fingerprint density at radius 1 is 1.19 bits per heavy atom. The zero-order valence-electron chi connectivity index (χ0n) is 12.8. The molecule has 1 N–H and O–H groups in total. The molecule has 1 aromatic heterocycles. The largest absolute Gasteiger partial charge is 0.350 e. The van der Waals surface area contributed by atoms with Crippen molar-refractivity contribution in [2.45, 2.75) is 33.1 Å². The quantitative estimate of drug-likeness (QED) is 0.923. The van der Waals surface area contributed by atoms with E-state index in [1.807, 2.05) is 18.7 Å². The number of nitrogens with one attached hydrogen (secondary N) is 1. The van der Waals surface area contributed by atoms with Crippen LogP contribution in [0.3, 0.4) is 0 Å². The Balaban J connectivity index is 2.06. The minimum absolute atomic E-state index is 0.0757. The summed E-state index contributed by atoms with van der Waals surface area (Å²) in [5.41, 5.74) is 0.660. The first-order valence-corrected chi connectivity index (χ1v) is 7.62. The molecule has 1 aliphatic heterocycles. The zero-order chi connectivity index (χ0) is 15.2. The van der Waals surface area contributed by atoms with E-state index in [9.17, 15) is 9.59 Å². The fourth-order valence-electron chi connectivity index (χ4n) is 2.33. The minimum Gasteiger partial charge on any atom is -0.350 e. The van der Waals surface area contributed by atoms with Crippen LogP contribution in [0.4, 0.5) is 0 Å². The van der Waals surface area contributed by atoms with Crippen molar-refractivity contribution in [3.63, 3.8) is 0 Å². The maximum Gasteiger partial charge on any atom is 0.272 e. The molecular weight excluding hydrogens is 266 g/mol. The Labute approximate surface area is 125 Å². The summed E-state index contributed by atoms with van der Waals surface area (Å²) in [4.78, 5) is 30.4. The molecule has 1 saturated heterocycles. The number of likely N-dealkylation sites (tertiary alicyclic amines) is 1. The van der Waals surface area contributed by atoms with E-state index in [2.05, 4.69) is 10.3 Å². The fraction of sp³-hybridized carbons (Fsp3) is 0.562. The molecule has 5 heteroatoms. The molecule has 5 nitrogen and oxygen atoms in total. The van der Waals surface area contributed by atoms with Gasteiger partial charge in [0.1, 0.15) is 11.4 Å². The van der Waals surface area contributed by atoms with Crippen LogP contribution in [0.1, 0.15) is 54.1 Å². The van der Waals surface area contributed by atoms with E-state index in [1.54, 1.807) is 18.2 Å². The van der Waals surface area contributed by atoms with Gasteiger partial charge in [-0.3, -0.25) is 9.59 Å². The Hall–Kier alpha value is -1.91. The lowest BCUT2D eigenvalue weighted by Crippen LogP contribution is -2.36. The summed E-state index contributed by atoms with van der Waals surface area (Å²) in [6.07, 6.45) is 3.26. The van der Waals surface area contributed by atoms with E-state index in [0.29, 0.717) is 23.9 Å². The first kappa shape index (κ1) is 15.5. The number of hydrogen-bond acceptors (Lipinski definition) is 3. The Morgan fingerprint density at radius 3 is 2.52 bits per heavy atom. The number of carbonyl (C=O) groups excluding carboxylic acids is 2. The highest BCUT2D eigenvalue weighted by molar-refractivity contribution is 5.96. The number of nitrogens with zero attached hydrogens (tertiary/aromatic N) is 2. The highest BCUT2D eigenvalue weighted by atomic mass is 16.2. The molecule has 2 amide bonds. The third-order valence-corrected chi connectivity index (χ3v) is 3.51. The van der Waals surface area contributed by atoms with Crippen LogP contribution >= 0.6 is 0 Å². The third-order valence-electron chi connectivity index (χ3n) is 3.51. The molecule has 0 spiro atoms. The summed E-state index contributed by atoms with van der Waals surface area (Å²) in [6.45, 7) is 6.23. The van der Waals surface area contributed by atoms with Gasteiger partial charge in [0.15, 0.2) is 0 Å². The lowest BCUT2D eigenvalue weighted by molar-refractivity contribution is 0.0718. The van der Waals surface area contributed by atoms with Crippen LogP contribution in [0, 0.1) is 5.92 Å².